The monoisotopic (exact) mass is 262 g/mol. The molecule has 1 atom stereocenters. The van der Waals surface area contributed by atoms with Crippen LogP contribution in [0.4, 0.5) is 5.69 Å². The smallest absolute Gasteiger partial charge is 0.307 e. The molecule has 1 fully saturated rings. The molecule has 102 valence electrons. The van der Waals surface area contributed by atoms with Crippen LogP contribution in [0.5, 0.6) is 0 Å². The van der Waals surface area contributed by atoms with Crippen molar-refractivity contribution in [2.75, 3.05) is 18.4 Å². The van der Waals surface area contributed by atoms with Gasteiger partial charge in [0.25, 0.3) is 0 Å². The second kappa shape index (κ2) is 6.33. The number of carbonyl (C=O) groups is 2. The Morgan fingerprint density at radius 1 is 1.32 bits per heavy atom. The van der Waals surface area contributed by atoms with Crippen molar-refractivity contribution >= 4 is 17.6 Å². The molecule has 1 unspecified atom stereocenters. The van der Waals surface area contributed by atoms with Gasteiger partial charge in [-0.1, -0.05) is 12.1 Å². The van der Waals surface area contributed by atoms with E-state index >= 15 is 0 Å². The van der Waals surface area contributed by atoms with Gasteiger partial charge in [-0.05, 0) is 43.1 Å². The van der Waals surface area contributed by atoms with Crippen molar-refractivity contribution in [3.8, 4) is 0 Å². The van der Waals surface area contributed by atoms with Gasteiger partial charge in [0.05, 0.1) is 6.42 Å². The van der Waals surface area contributed by atoms with E-state index in [4.69, 9.17) is 5.11 Å². The third-order valence-corrected chi connectivity index (χ3v) is 3.23. The van der Waals surface area contributed by atoms with Crippen LogP contribution in [0.1, 0.15) is 18.4 Å². The Kier molecular flexibility index (Phi) is 4.52. The summed E-state index contributed by atoms with van der Waals surface area (Å²) < 4.78 is 0. The topological polar surface area (TPSA) is 78.4 Å². The fourth-order valence-electron chi connectivity index (χ4n) is 2.24. The first-order chi connectivity index (χ1) is 9.13. The van der Waals surface area contributed by atoms with E-state index in [-0.39, 0.29) is 12.3 Å². The van der Waals surface area contributed by atoms with Crippen LogP contribution in [-0.2, 0) is 16.0 Å². The number of carbonyl (C=O) groups excluding carboxylic acids is 1. The molecule has 0 bridgehead atoms. The van der Waals surface area contributed by atoms with Gasteiger partial charge in [0, 0.05) is 12.1 Å². The number of aliphatic carboxylic acids is 1. The number of benzene rings is 1. The van der Waals surface area contributed by atoms with Crippen molar-refractivity contribution < 1.29 is 14.7 Å². The van der Waals surface area contributed by atoms with Crippen LogP contribution in [0, 0.1) is 5.92 Å². The van der Waals surface area contributed by atoms with Gasteiger partial charge in [-0.15, -0.1) is 0 Å². The molecule has 0 radical (unpaired) electrons. The summed E-state index contributed by atoms with van der Waals surface area (Å²) in [6.45, 7) is 1.90. The van der Waals surface area contributed by atoms with Gasteiger partial charge in [0.1, 0.15) is 0 Å². The van der Waals surface area contributed by atoms with Crippen LogP contribution < -0.4 is 10.6 Å². The Morgan fingerprint density at radius 3 is 2.63 bits per heavy atom. The minimum absolute atomic E-state index is 0.00195. The Morgan fingerprint density at radius 2 is 2.05 bits per heavy atom. The summed E-state index contributed by atoms with van der Waals surface area (Å²) in [5, 5.41) is 14.7. The number of rotatable bonds is 5. The number of nitrogens with one attached hydrogen (secondary N) is 2. The Balaban J connectivity index is 1.84. The maximum absolute atomic E-state index is 11.8. The summed E-state index contributed by atoms with van der Waals surface area (Å²) in [4.78, 5) is 22.3. The number of anilines is 1. The second-order valence-electron chi connectivity index (χ2n) is 4.88. The first-order valence-corrected chi connectivity index (χ1v) is 6.45. The van der Waals surface area contributed by atoms with Gasteiger partial charge >= 0.3 is 5.97 Å². The van der Waals surface area contributed by atoms with Crippen LogP contribution in [0.25, 0.3) is 0 Å². The Bertz CT molecular complexity index is 450. The van der Waals surface area contributed by atoms with E-state index in [0.29, 0.717) is 18.0 Å². The van der Waals surface area contributed by atoms with Crippen LogP contribution in [0.3, 0.4) is 0 Å². The SMILES string of the molecule is O=C(O)Cc1ccc(NC(=O)CC2CCNC2)cc1. The molecule has 0 saturated carbocycles. The lowest BCUT2D eigenvalue weighted by Crippen LogP contribution is -2.18. The lowest BCUT2D eigenvalue weighted by Gasteiger charge is -2.09. The molecule has 2 rings (SSSR count). The molecule has 1 saturated heterocycles. The molecular weight excluding hydrogens is 244 g/mol. The van der Waals surface area contributed by atoms with Crippen LogP contribution in [0.2, 0.25) is 0 Å². The maximum atomic E-state index is 11.8. The first kappa shape index (κ1) is 13.5. The van der Waals surface area contributed by atoms with Crippen molar-refractivity contribution in [3.05, 3.63) is 29.8 Å². The van der Waals surface area contributed by atoms with Crippen LogP contribution in [0.15, 0.2) is 24.3 Å². The van der Waals surface area contributed by atoms with Gasteiger partial charge in [-0.3, -0.25) is 9.59 Å². The Labute approximate surface area is 112 Å². The molecule has 1 amide bonds. The van der Waals surface area contributed by atoms with Gasteiger partial charge in [0.15, 0.2) is 0 Å². The fraction of sp³-hybridized carbons (Fsp3) is 0.429. The molecule has 0 spiro atoms. The zero-order valence-electron chi connectivity index (χ0n) is 10.7. The number of hydrogen-bond acceptors (Lipinski definition) is 3. The minimum Gasteiger partial charge on any atom is -0.481 e. The number of carboxylic acids is 1. The summed E-state index contributed by atoms with van der Waals surface area (Å²) in [6, 6.07) is 6.92. The molecule has 1 heterocycles. The van der Waals surface area contributed by atoms with Crippen LogP contribution >= 0.6 is 0 Å². The summed E-state index contributed by atoms with van der Waals surface area (Å²) in [5.74, 6) is -0.420. The van der Waals surface area contributed by atoms with E-state index in [1.807, 2.05) is 0 Å². The van der Waals surface area contributed by atoms with E-state index in [1.165, 1.54) is 0 Å². The first-order valence-electron chi connectivity index (χ1n) is 6.45. The van der Waals surface area contributed by atoms with Crippen molar-refractivity contribution in [3.63, 3.8) is 0 Å². The van der Waals surface area contributed by atoms with E-state index in [1.54, 1.807) is 24.3 Å². The molecule has 5 nitrogen and oxygen atoms in total. The zero-order valence-corrected chi connectivity index (χ0v) is 10.7. The molecule has 3 N–H and O–H groups in total. The van der Waals surface area contributed by atoms with Gasteiger partial charge in [0.2, 0.25) is 5.91 Å². The highest BCUT2D eigenvalue weighted by molar-refractivity contribution is 5.90. The molecule has 1 aliphatic heterocycles. The zero-order chi connectivity index (χ0) is 13.7. The van der Waals surface area contributed by atoms with Crippen molar-refractivity contribution in [1.82, 2.24) is 5.32 Å². The number of hydrogen-bond donors (Lipinski definition) is 3. The van der Waals surface area contributed by atoms with Crippen LogP contribution in [-0.4, -0.2) is 30.1 Å². The standard InChI is InChI=1S/C14H18N2O3/c17-13(7-11-5-6-15-9-11)16-12-3-1-10(2-4-12)8-14(18)19/h1-4,11,15H,5-9H2,(H,16,17)(H,18,19). The number of amides is 1. The van der Waals surface area contributed by atoms with E-state index in [9.17, 15) is 9.59 Å². The highest BCUT2D eigenvalue weighted by Crippen LogP contribution is 2.15. The van der Waals surface area contributed by atoms with Gasteiger partial charge < -0.3 is 15.7 Å². The molecule has 19 heavy (non-hydrogen) atoms. The summed E-state index contributed by atoms with van der Waals surface area (Å²) >= 11 is 0. The lowest BCUT2D eigenvalue weighted by atomic mass is 10.0. The largest absolute Gasteiger partial charge is 0.481 e. The average molecular weight is 262 g/mol. The van der Waals surface area contributed by atoms with Crippen molar-refractivity contribution in [2.24, 2.45) is 5.92 Å². The molecule has 1 aromatic rings. The van der Waals surface area contributed by atoms with E-state index in [2.05, 4.69) is 10.6 Å². The second-order valence-corrected chi connectivity index (χ2v) is 4.88. The van der Waals surface area contributed by atoms with Gasteiger partial charge in [-0.25, -0.2) is 0 Å². The maximum Gasteiger partial charge on any atom is 0.307 e. The average Bonchev–Trinajstić information content (AvgIpc) is 2.83. The fourth-order valence-corrected chi connectivity index (χ4v) is 2.24. The third-order valence-electron chi connectivity index (χ3n) is 3.23. The molecule has 1 aliphatic rings. The summed E-state index contributed by atoms with van der Waals surface area (Å²) in [6.07, 6.45) is 1.58. The molecule has 1 aromatic carbocycles. The third kappa shape index (κ3) is 4.37. The van der Waals surface area contributed by atoms with E-state index < -0.39 is 5.97 Å². The predicted molar refractivity (Wildman–Crippen MR) is 72.0 cm³/mol. The molecule has 0 aromatic heterocycles. The molecule has 0 aliphatic carbocycles. The minimum atomic E-state index is -0.856. The van der Waals surface area contributed by atoms with Crippen molar-refractivity contribution in [2.45, 2.75) is 19.3 Å². The summed E-state index contributed by atoms with van der Waals surface area (Å²) in [5.41, 5.74) is 1.44. The lowest BCUT2D eigenvalue weighted by molar-refractivity contribution is -0.136. The normalized spacial score (nSPS) is 18.2. The van der Waals surface area contributed by atoms with E-state index in [0.717, 1.165) is 25.1 Å². The van der Waals surface area contributed by atoms with Crippen molar-refractivity contribution in [1.29, 1.82) is 0 Å². The predicted octanol–water partition coefficient (Wildman–Crippen LogP) is 1.25. The molecule has 5 heteroatoms. The summed E-state index contributed by atoms with van der Waals surface area (Å²) in [7, 11) is 0. The van der Waals surface area contributed by atoms with Gasteiger partial charge in [-0.2, -0.15) is 0 Å². The number of carboxylic acid groups (broad SMARTS) is 1. The highest BCUT2D eigenvalue weighted by atomic mass is 16.4. The quantitative estimate of drug-likeness (QED) is 0.746. The highest BCUT2D eigenvalue weighted by Gasteiger charge is 2.17. The molecular formula is C14H18N2O3. The Hall–Kier alpha value is -1.88.